The lowest BCUT2D eigenvalue weighted by Crippen LogP contribution is -2.27. The molecule has 3 rings (SSSR count). The van der Waals surface area contributed by atoms with Crippen molar-refractivity contribution < 1.29 is 14.6 Å². The van der Waals surface area contributed by atoms with Crippen molar-refractivity contribution in [3.8, 4) is 5.75 Å². The van der Waals surface area contributed by atoms with Gasteiger partial charge in [0.1, 0.15) is 18.1 Å². The van der Waals surface area contributed by atoms with Gasteiger partial charge in [-0.15, -0.1) is 11.3 Å². The molecule has 1 aromatic heterocycles. The van der Waals surface area contributed by atoms with Crippen molar-refractivity contribution in [2.45, 2.75) is 20.1 Å². The Bertz CT molecular complexity index is 965. The third-order valence-corrected chi connectivity index (χ3v) is 5.79. The second-order valence-electron chi connectivity index (χ2n) is 6.54. The van der Waals surface area contributed by atoms with Crippen molar-refractivity contribution in [3.05, 3.63) is 75.2 Å². The first-order chi connectivity index (χ1) is 14.6. The van der Waals surface area contributed by atoms with E-state index >= 15 is 0 Å². The number of anilines is 1. The Labute approximate surface area is 188 Å². The van der Waals surface area contributed by atoms with Gasteiger partial charge in [0.05, 0.1) is 6.61 Å². The van der Waals surface area contributed by atoms with Gasteiger partial charge < -0.3 is 20.1 Å². The number of rotatable bonds is 10. The van der Waals surface area contributed by atoms with Crippen LogP contribution in [0, 0.1) is 0 Å². The molecule has 0 aliphatic rings. The number of aliphatic hydroxyl groups excluding tert-OH is 1. The molecular weight excluding hydrogens is 466 g/mol. The first-order valence-electron chi connectivity index (χ1n) is 9.65. The number of aliphatic hydroxyl groups is 1. The fraction of sp³-hybridized carbons (Fsp3) is 0.273. The van der Waals surface area contributed by atoms with Gasteiger partial charge >= 0.3 is 0 Å². The zero-order chi connectivity index (χ0) is 21.3. The molecule has 0 aliphatic carbocycles. The van der Waals surface area contributed by atoms with Crippen molar-refractivity contribution in [1.29, 1.82) is 0 Å². The van der Waals surface area contributed by atoms with E-state index in [4.69, 9.17) is 9.84 Å². The van der Waals surface area contributed by atoms with Crippen molar-refractivity contribution >= 4 is 38.3 Å². The van der Waals surface area contributed by atoms with E-state index < -0.39 is 0 Å². The van der Waals surface area contributed by atoms with E-state index in [9.17, 15) is 4.79 Å². The van der Waals surface area contributed by atoms with E-state index in [2.05, 4.69) is 38.1 Å². The summed E-state index contributed by atoms with van der Waals surface area (Å²) in [6.07, 6.45) is 0. The monoisotopic (exact) mass is 489 g/mol. The fourth-order valence-corrected chi connectivity index (χ4v) is 4.12. The van der Waals surface area contributed by atoms with Crippen LogP contribution in [-0.2, 0) is 13.2 Å². The first-order valence-corrected chi connectivity index (χ1v) is 11.3. The molecule has 0 saturated carbocycles. The molecule has 0 aliphatic heterocycles. The minimum Gasteiger partial charge on any atom is -0.489 e. The number of halogens is 1. The largest absolute Gasteiger partial charge is 0.489 e. The number of nitrogens with zero attached hydrogens (tertiary/aromatic N) is 2. The van der Waals surface area contributed by atoms with E-state index in [1.807, 2.05) is 48.5 Å². The summed E-state index contributed by atoms with van der Waals surface area (Å²) in [6.45, 7) is 3.99. The summed E-state index contributed by atoms with van der Waals surface area (Å²) in [6, 6.07) is 16.0. The average Bonchev–Trinajstić information content (AvgIpc) is 3.26. The lowest BCUT2D eigenvalue weighted by molar-refractivity contribution is 0.0940. The minimum atomic E-state index is -0.281. The van der Waals surface area contributed by atoms with Gasteiger partial charge in [-0.05, 0) is 30.7 Å². The van der Waals surface area contributed by atoms with Crippen LogP contribution in [0.5, 0.6) is 5.75 Å². The minimum absolute atomic E-state index is 0.0987. The molecule has 2 aromatic carbocycles. The predicted octanol–water partition coefficient (Wildman–Crippen LogP) is 4.23. The number of amides is 1. The van der Waals surface area contributed by atoms with Crippen molar-refractivity contribution in [2.75, 3.05) is 24.6 Å². The summed E-state index contributed by atoms with van der Waals surface area (Å²) in [7, 11) is 0. The Morgan fingerprint density at radius 3 is 2.80 bits per heavy atom. The number of carbonyl (C=O) groups excluding carboxylic acids is 1. The Morgan fingerprint density at radius 1 is 1.27 bits per heavy atom. The standard InChI is InChI=1S/C22H24BrN3O3S/c1-2-26(22-25-19(15-30-22)21(28)24-10-11-27)13-17-12-18(23)8-9-20(17)29-14-16-6-4-3-5-7-16/h3-9,12,15,27H,2,10-11,13-14H2,1H3,(H,24,28). The molecule has 0 atom stereocenters. The van der Waals surface area contributed by atoms with Gasteiger partial charge in [0, 0.05) is 35.1 Å². The molecule has 6 nitrogen and oxygen atoms in total. The predicted molar refractivity (Wildman–Crippen MR) is 123 cm³/mol. The lowest BCUT2D eigenvalue weighted by Gasteiger charge is -2.22. The molecule has 0 saturated heterocycles. The number of hydrogen-bond acceptors (Lipinski definition) is 6. The summed E-state index contributed by atoms with van der Waals surface area (Å²) in [4.78, 5) is 18.7. The molecule has 0 bridgehead atoms. The van der Waals surface area contributed by atoms with Crippen LogP contribution in [0.1, 0.15) is 28.5 Å². The molecule has 158 valence electrons. The summed E-state index contributed by atoms with van der Waals surface area (Å²) in [5.74, 6) is 0.537. The Balaban J connectivity index is 1.74. The van der Waals surface area contributed by atoms with Gasteiger partial charge in [0.2, 0.25) is 0 Å². The summed E-state index contributed by atoms with van der Waals surface area (Å²) in [5.41, 5.74) is 2.50. The molecule has 1 amide bonds. The zero-order valence-electron chi connectivity index (χ0n) is 16.7. The highest BCUT2D eigenvalue weighted by atomic mass is 79.9. The molecule has 0 spiro atoms. The number of nitrogens with one attached hydrogen (secondary N) is 1. The van der Waals surface area contributed by atoms with E-state index in [0.717, 1.165) is 33.0 Å². The number of ether oxygens (including phenoxy) is 1. The van der Waals surface area contributed by atoms with Crippen LogP contribution in [0.2, 0.25) is 0 Å². The van der Waals surface area contributed by atoms with E-state index in [1.165, 1.54) is 11.3 Å². The molecule has 0 radical (unpaired) electrons. The van der Waals surface area contributed by atoms with Gasteiger partial charge in [-0.25, -0.2) is 4.98 Å². The normalized spacial score (nSPS) is 10.6. The third-order valence-electron chi connectivity index (χ3n) is 4.40. The number of aromatic nitrogens is 1. The number of thiazole rings is 1. The second-order valence-corrected chi connectivity index (χ2v) is 8.29. The van der Waals surface area contributed by atoms with Crippen LogP contribution in [0.15, 0.2) is 58.4 Å². The summed E-state index contributed by atoms with van der Waals surface area (Å²) >= 11 is 4.97. The first kappa shape index (κ1) is 22.3. The van der Waals surface area contributed by atoms with Gasteiger partial charge in [0.25, 0.3) is 5.91 Å². The topological polar surface area (TPSA) is 74.7 Å². The smallest absolute Gasteiger partial charge is 0.270 e. The van der Waals surface area contributed by atoms with E-state index in [0.29, 0.717) is 18.8 Å². The number of benzene rings is 2. The van der Waals surface area contributed by atoms with Gasteiger partial charge in [-0.1, -0.05) is 46.3 Å². The van der Waals surface area contributed by atoms with Crippen LogP contribution < -0.4 is 15.0 Å². The van der Waals surface area contributed by atoms with Crippen LogP contribution in [0.3, 0.4) is 0 Å². The molecule has 2 N–H and O–H groups in total. The third kappa shape index (κ3) is 6.04. The number of hydrogen-bond donors (Lipinski definition) is 2. The summed E-state index contributed by atoms with van der Waals surface area (Å²) in [5, 5.41) is 14.0. The quantitative estimate of drug-likeness (QED) is 0.445. The molecule has 0 unspecified atom stereocenters. The Morgan fingerprint density at radius 2 is 2.07 bits per heavy atom. The van der Waals surface area contributed by atoms with Gasteiger partial charge in [-0.3, -0.25) is 4.79 Å². The van der Waals surface area contributed by atoms with Gasteiger partial charge in [0.15, 0.2) is 5.13 Å². The Hall–Kier alpha value is -2.42. The van der Waals surface area contributed by atoms with Crippen molar-refractivity contribution in [3.63, 3.8) is 0 Å². The SMILES string of the molecule is CCN(Cc1cc(Br)ccc1OCc1ccccc1)c1nc(C(=O)NCCO)cs1. The molecule has 1 heterocycles. The van der Waals surface area contributed by atoms with E-state index in [1.54, 1.807) is 5.38 Å². The molecular formula is C22H24BrN3O3S. The van der Waals surface area contributed by atoms with Crippen LogP contribution >= 0.6 is 27.3 Å². The maximum Gasteiger partial charge on any atom is 0.270 e. The maximum absolute atomic E-state index is 12.1. The van der Waals surface area contributed by atoms with Crippen molar-refractivity contribution in [2.24, 2.45) is 0 Å². The van der Waals surface area contributed by atoms with Crippen LogP contribution in [-0.4, -0.2) is 35.7 Å². The molecule has 0 fully saturated rings. The zero-order valence-corrected chi connectivity index (χ0v) is 19.1. The van der Waals surface area contributed by atoms with Crippen molar-refractivity contribution in [1.82, 2.24) is 10.3 Å². The van der Waals surface area contributed by atoms with Gasteiger partial charge in [-0.2, -0.15) is 0 Å². The highest BCUT2D eigenvalue weighted by Gasteiger charge is 2.16. The van der Waals surface area contributed by atoms with Crippen LogP contribution in [0.25, 0.3) is 0 Å². The van der Waals surface area contributed by atoms with Crippen LogP contribution in [0.4, 0.5) is 5.13 Å². The maximum atomic E-state index is 12.1. The molecule has 3 aromatic rings. The number of carbonyl (C=O) groups is 1. The second kappa shape index (κ2) is 11.1. The Kier molecular flexibility index (Phi) is 8.24. The highest BCUT2D eigenvalue weighted by Crippen LogP contribution is 2.29. The molecule has 30 heavy (non-hydrogen) atoms. The highest BCUT2D eigenvalue weighted by molar-refractivity contribution is 9.10. The summed E-state index contributed by atoms with van der Waals surface area (Å²) < 4.78 is 7.07. The van der Waals surface area contributed by atoms with E-state index in [-0.39, 0.29) is 19.1 Å². The molecule has 8 heteroatoms. The lowest BCUT2D eigenvalue weighted by atomic mass is 10.2. The average molecular weight is 490 g/mol. The fourth-order valence-electron chi connectivity index (χ4n) is 2.84.